The van der Waals surface area contributed by atoms with E-state index in [0.717, 1.165) is 17.8 Å². The maximum Gasteiger partial charge on any atom is 0.347 e. The van der Waals surface area contributed by atoms with Gasteiger partial charge < -0.3 is 9.47 Å². The molecule has 0 N–H and O–H groups in total. The van der Waals surface area contributed by atoms with Crippen LogP contribution in [0.1, 0.15) is 55.6 Å². The van der Waals surface area contributed by atoms with Gasteiger partial charge in [-0.05, 0) is 31.9 Å². The van der Waals surface area contributed by atoms with Gasteiger partial charge in [-0.2, -0.15) is 9.61 Å². The fourth-order valence-electron chi connectivity index (χ4n) is 3.47. The highest BCUT2D eigenvalue weighted by Crippen LogP contribution is 2.34. The standard InChI is InChI=1S/C21H23N3O4S/c1-14(28-17-10-6-3-7-11-17)20(26)27-13-16-12-18(25)24-21(22-16)29-19(23-24)15-8-4-2-5-9-15/h3,6-7,10-12,14-15H,2,4-5,8-9,13H2,1H3/t14-/m0/s1. The van der Waals surface area contributed by atoms with Crippen LogP contribution in [0.5, 0.6) is 5.75 Å². The molecule has 0 amide bonds. The summed E-state index contributed by atoms with van der Waals surface area (Å²) in [6.45, 7) is 1.55. The minimum Gasteiger partial charge on any atom is -0.479 e. The molecule has 1 saturated carbocycles. The molecule has 7 nitrogen and oxygen atoms in total. The molecule has 152 valence electrons. The SMILES string of the molecule is C[C@H](Oc1ccccc1)C(=O)OCc1cc(=O)n2nc(C3CCCCC3)sc2n1. The Kier molecular flexibility index (Phi) is 5.89. The molecule has 0 bridgehead atoms. The molecule has 2 heterocycles. The molecule has 0 radical (unpaired) electrons. The Morgan fingerprint density at radius 3 is 2.76 bits per heavy atom. The molecule has 4 rings (SSSR count). The van der Waals surface area contributed by atoms with Gasteiger partial charge >= 0.3 is 5.97 Å². The van der Waals surface area contributed by atoms with Crippen LogP contribution in [0.4, 0.5) is 0 Å². The van der Waals surface area contributed by atoms with Gasteiger partial charge in [0.05, 0.1) is 5.69 Å². The van der Waals surface area contributed by atoms with Gasteiger partial charge in [-0.1, -0.05) is 48.8 Å². The topological polar surface area (TPSA) is 82.8 Å². The van der Waals surface area contributed by atoms with E-state index in [1.807, 2.05) is 18.2 Å². The maximum absolute atomic E-state index is 12.4. The summed E-state index contributed by atoms with van der Waals surface area (Å²) < 4.78 is 12.2. The molecule has 29 heavy (non-hydrogen) atoms. The lowest BCUT2D eigenvalue weighted by Gasteiger charge is -2.18. The number of esters is 1. The Hall–Kier alpha value is -2.74. The summed E-state index contributed by atoms with van der Waals surface area (Å²) in [7, 11) is 0. The van der Waals surface area contributed by atoms with Crippen molar-refractivity contribution in [3.8, 4) is 5.75 Å². The van der Waals surface area contributed by atoms with E-state index in [0.29, 0.717) is 22.3 Å². The van der Waals surface area contributed by atoms with Gasteiger partial charge in [0, 0.05) is 12.0 Å². The van der Waals surface area contributed by atoms with Crippen molar-refractivity contribution in [2.45, 2.75) is 57.7 Å². The summed E-state index contributed by atoms with van der Waals surface area (Å²) in [6.07, 6.45) is 5.13. The minimum absolute atomic E-state index is 0.0796. The molecular weight excluding hydrogens is 390 g/mol. The Morgan fingerprint density at radius 2 is 2.00 bits per heavy atom. The van der Waals surface area contributed by atoms with Crippen LogP contribution < -0.4 is 10.3 Å². The van der Waals surface area contributed by atoms with Crippen LogP contribution in [-0.4, -0.2) is 26.7 Å². The normalized spacial score (nSPS) is 15.9. The second kappa shape index (κ2) is 8.73. The fourth-order valence-corrected chi connectivity index (χ4v) is 4.57. The Bertz CT molecular complexity index is 1040. The molecule has 1 aliphatic rings. The third-order valence-corrected chi connectivity index (χ3v) is 6.09. The fraction of sp³-hybridized carbons (Fsp3) is 0.429. The van der Waals surface area contributed by atoms with Crippen molar-refractivity contribution in [2.24, 2.45) is 0 Å². The largest absolute Gasteiger partial charge is 0.479 e. The third-order valence-electron chi connectivity index (χ3n) is 5.02. The lowest BCUT2D eigenvalue weighted by molar-refractivity contribution is -0.152. The first-order valence-corrected chi connectivity index (χ1v) is 10.7. The average Bonchev–Trinajstić information content (AvgIpc) is 3.18. The van der Waals surface area contributed by atoms with Crippen molar-refractivity contribution in [3.63, 3.8) is 0 Å². The molecule has 1 atom stereocenters. The van der Waals surface area contributed by atoms with Crippen LogP contribution in [0.25, 0.3) is 4.96 Å². The first kappa shape index (κ1) is 19.6. The number of rotatable bonds is 6. The van der Waals surface area contributed by atoms with Crippen LogP contribution >= 0.6 is 11.3 Å². The van der Waals surface area contributed by atoms with E-state index in [2.05, 4.69) is 10.1 Å². The summed E-state index contributed by atoms with van der Waals surface area (Å²) >= 11 is 1.45. The van der Waals surface area contributed by atoms with E-state index in [1.54, 1.807) is 19.1 Å². The second-order valence-electron chi connectivity index (χ2n) is 7.24. The van der Waals surface area contributed by atoms with E-state index >= 15 is 0 Å². The van der Waals surface area contributed by atoms with Crippen molar-refractivity contribution in [1.29, 1.82) is 0 Å². The number of aromatic nitrogens is 3. The lowest BCUT2D eigenvalue weighted by atomic mass is 9.90. The van der Waals surface area contributed by atoms with Gasteiger partial charge in [0.2, 0.25) is 4.96 Å². The number of benzene rings is 1. The zero-order chi connectivity index (χ0) is 20.2. The molecule has 0 aliphatic heterocycles. The molecule has 8 heteroatoms. The highest BCUT2D eigenvalue weighted by Gasteiger charge is 2.21. The number of carbonyl (C=O) groups is 1. The average molecular weight is 413 g/mol. The van der Waals surface area contributed by atoms with E-state index in [1.165, 1.54) is 41.2 Å². The van der Waals surface area contributed by atoms with Gasteiger partial charge in [-0.3, -0.25) is 4.79 Å². The third kappa shape index (κ3) is 4.64. The molecule has 0 unspecified atom stereocenters. The van der Waals surface area contributed by atoms with Crippen molar-refractivity contribution in [1.82, 2.24) is 14.6 Å². The van der Waals surface area contributed by atoms with Crippen LogP contribution in [0.3, 0.4) is 0 Å². The number of para-hydroxylation sites is 1. The van der Waals surface area contributed by atoms with Crippen LogP contribution in [0, 0.1) is 0 Å². The first-order valence-electron chi connectivity index (χ1n) is 9.88. The Labute approximate surface area is 172 Å². The van der Waals surface area contributed by atoms with E-state index in [4.69, 9.17) is 9.47 Å². The molecule has 0 saturated heterocycles. The van der Waals surface area contributed by atoms with Gasteiger partial charge in [-0.25, -0.2) is 9.78 Å². The number of hydrogen-bond donors (Lipinski definition) is 0. The van der Waals surface area contributed by atoms with Crippen molar-refractivity contribution >= 4 is 22.3 Å². The summed E-state index contributed by atoms with van der Waals surface area (Å²) in [5.41, 5.74) is 0.155. The van der Waals surface area contributed by atoms with Crippen LogP contribution in [0.2, 0.25) is 0 Å². The Morgan fingerprint density at radius 1 is 1.24 bits per heavy atom. The lowest BCUT2D eigenvalue weighted by Crippen LogP contribution is -2.26. The molecule has 0 spiro atoms. The van der Waals surface area contributed by atoms with Crippen molar-refractivity contribution in [3.05, 3.63) is 57.5 Å². The predicted molar refractivity (Wildman–Crippen MR) is 109 cm³/mol. The van der Waals surface area contributed by atoms with Crippen LogP contribution in [0.15, 0.2) is 41.2 Å². The van der Waals surface area contributed by atoms with Gasteiger partial charge in [0.25, 0.3) is 5.56 Å². The summed E-state index contributed by atoms with van der Waals surface area (Å²) in [5, 5.41) is 5.45. The summed E-state index contributed by atoms with van der Waals surface area (Å²) in [5.74, 6) is 0.491. The van der Waals surface area contributed by atoms with Crippen molar-refractivity contribution in [2.75, 3.05) is 0 Å². The number of hydrogen-bond acceptors (Lipinski definition) is 7. The predicted octanol–water partition coefficient (Wildman–Crippen LogP) is 3.71. The number of fused-ring (bicyclic) bond motifs is 1. The number of nitrogens with zero attached hydrogens (tertiary/aromatic N) is 3. The van der Waals surface area contributed by atoms with E-state index < -0.39 is 12.1 Å². The zero-order valence-corrected chi connectivity index (χ0v) is 17.1. The van der Waals surface area contributed by atoms with Gasteiger partial charge in [0.15, 0.2) is 6.10 Å². The summed E-state index contributed by atoms with van der Waals surface area (Å²) in [4.78, 5) is 29.6. The Balaban J connectivity index is 1.42. The highest BCUT2D eigenvalue weighted by molar-refractivity contribution is 7.16. The molecule has 3 aromatic rings. The smallest absolute Gasteiger partial charge is 0.347 e. The summed E-state index contributed by atoms with van der Waals surface area (Å²) in [6, 6.07) is 10.4. The number of ether oxygens (including phenoxy) is 2. The molecular formula is C21H23N3O4S. The highest BCUT2D eigenvalue weighted by atomic mass is 32.1. The zero-order valence-electron chi connectivity index (χ0n) is 16.2. The molecule has 1 aromatic carbocycles. The molecule has 1 fully saturated rings. The first-order chi connectivity index (χ1) is 14.1. The van der Waals surface area contributed by atoms with Gasteiger partial charge in [-0.15, -0.1) is 0 Å². The van der Waals surface area contributed by atoms with E-state index in [9.17, 15) is 9.59 Å². The quantitative estimate of drug-likeness (QED) is 0.573. The molecule has 2 aromatic heterocycles. The monoisotopic (exact) mass is 413 g/mol. The number of carbonyl (C=O) groups excluding carboxylic acids is 1. The van der Waals surface area contributed by atoms with Crippen molar-refractivity contribution < 1.29 is 14.3 Å². The van der Waals surface area contributed by atoms with E-state index in [-0.39, 0.29) is 12.2 Å². The second-order valence-corrected chi connectivity index (χ2v) is 8.22. The molecule has 1 aliphatic carbocycles. The van der Waals surface area contributed by atoms with Crippen LogP contribution in [-0.2, 0) is 16.1 Å². The maximum atomic E-state index is 12.4. The minimum atomic E-state index is -0.761. The van der Waals surface area contributed by atoms with Gasteiger partial charge in [0.1, 0.15) is 17.4 Å².